The Morgan fingerprint density at radius 3 is 2.53 bits per heavy atom. The van der Waals surface area contributed by atoms with Crippen LogP contribution in [0.1, 0.15) is 37.8 Å². The van der Waals surface area contributed by atoms with Crippen LogP contribution >= 0.6 is 0 Å². The number of hydrogen-bond acceptors (Lipinski definition) is 6. The van der Waals surface area contributed by atoms with E-state index < -0.39 is 17.3 Å². The molecule has 156 valence electrons. The lowest BCUT2D eigenvalue weighted by Crippen LogP contribution is -2.38. The second-order valence-electron chi connectivity index (χ2n) is 7.52. The van der Waals surface area contributed by atoms with Crippen molar-refractivity contribution in [2.24, 2.45) is 27.3 Å². The van der Waals surface area contributed by atoms with E-state index in [9.17, 15) is 14.7 Å². The molecule has 4 N–H and O–H groups in total. The molecule has 0 spiro atoms. The second kappa shape index (κ2) is 8.06. The van der Waals surface area contributed by atoms with Gasteiger partial charge in [-0.2, -0.15) is 0 Å². The Morgan fingerprint density at radius 2 is 2.00 bits per heavy atom. The van der Waals surface area contributed by atoms with Crippen molar-refractivity contribution in [3.05, 3.63) is 64.7 Å². The molecule has 0 radical (unpaired) electrons. The molecule has 1 aromatic rings. The molecule has 3 rings (SSSR count). The molecule has 0 aromatic heterocycles. The number of carboxylic acids is 1. The molecule has 1 heterocycles. The van der Waals surface area contributed by atoms with Crippen molar-refractivity contribution in [3.63, 3.8) is 0 Å². The van der Waals surface area contributed by atoms with E-state index in [1.54, 1.807) is 50.3 Å². The number of amidine groups is 1. The summed E-state index contributed by atoms with van der Waals surface area (Å²) in [6.07, 6.45) is 3.76. The maximum atomic E-state index is 13.2. The molecular weight excluding hydrogens is 384 g/mol. The zero-order valence-corrected chi connectivity index (χ0v) is 17.1. The Balaban J connectivity index is 2.14. The van der Waals surface area contributed by atoms with E-state index in [4.69, 9.17) is 15.9 Å². The molecule has 8 nitrogen and oxygen atoms in total. The average molecular weight is 408 g/mol. The molecule has 0 bridgehead atoms. The Morgan fingerprint density at radius 1 is 1.33 bits per heavy atom. The maximum Gasteiger partial charge on any atom is 0.310 e. The van der Waals surface area contributed by atoms with Crippen molar-refractivity contribution in [1.82, 2.24) is 0 Å². The van der Waals surface area contributed by atoms with Crippen LogP contribution in [0.5, 0.6) is 0 Å². The third kappa shape index (κ3) is 3.68. The van der Waals surface area contributed by atoms with Crippen LogP contribution in [0.25, 0.3) is 5.57 Å². The molecular formula is C22H24N4O4. The molecule has 0 saturated heterocycles. The lowest BCUT2D eigenvalue weighted by atomic mass is 9.68. The van der Waals surface area contributed by atoms with Gasteiger partial charge in [0.05, 0.1) is 18.2 Å². The van der Waals surface area contributed by atoms with Crippen LogP contribution in [0.4, 0.5) is 0 Å². The van der Waals surface area contributed by atoms with E-state index >= 15 is 0 Å². The number of nitrogens with zero attached hydrogens (tertiary/aromatic N) is 2. The van der Waals surface area contributed by atoms with Gasteiger partial charge in [-0.25, -0.2) is 0 Å². The van der Waals surface area contributed by atoms with Gasteiger partial charge in [-0.3, -0.25) is 15.0 Å². The number of ketones is 1. The predicted molar refractivity (Wildman–Crippen MR) is 112 cm³/mol. The van der Waals surface area contributed by atoms with Gasteiger partial charge in [-0.15, -0.1) is 10.2 Å². The van der Waals surface area contributed by atoms with Crippen molar-refractivity contribution in [2.75, 3.05) is 7.11 Å². The lowest BCUT2D eigenvalue weighted by molar-refractivity contribution is -0.149. The summed E-state index contributed by atoms with van der Waals surface area (Å²) >= 11 is 0. The number of carbonyl (C=O) groups is 2. The minimum Gasteiger partial charge on any atom is -0.481 e. The Labute approximate surface area is 174 Å². The summed E-state index contributed by atoms with van der Waals surface area (Å²) in [6.45, 7) is 3.39. The van der Waals surface area contributed by atoms with Gasteiger partial charge >= 0.3 is 5.97 Å². The standard InChI is InChI=1S/C22H24N4O4/c1-4-22(2,21(28)29)15-11-18(30-3)26-25-16-9-14(10-17(27)19(15)16)12-5-7-13(8-6-12)20(23)24/h5-9,11,15H,4,10H2,1-3H3,(H3,23,24)(H,28,29)/t15-,22+/m0/s1. The number of methoxy groups -OCH3 is 1. The summed E-state index contributed by atoms with van der Waals surface area (Å²) in [4.78, 5) is 25.3. The van der Waals surface area contributed by atoms with E-state index in [0.717, 1.165) is 11.1 Å². The number of azo groups is 1. The Bertz CT molecular complexity index is 1030. The second-order valence-corrected chi connectivity index (χ2v) is 7.52. The molecule has 0 fully saturated rings. The molecule has 1 aliphatic heterocycles. The Hall–Kier alpha value is -3.55. The summed E-state index contributed by atoms with van der Waals surface area (Å²) in [7, 11) is 1.43. The van der Waals surface area contributed by atoms with Gasteiger partial charge in [0.2, 0.25) is 5.88 Å². The highest BCUT2D eigenvalue weighted by molar-refractivity contribution is 6.07. The third-order valence-electron chi connectivity index (χ3n) is 5.80. The predicted octanol–water partition coefficient (Wildman–Crippen LogP) is 3.65. The molecule has 2 atom stereocenters. The van der Waals surface area contributed by atoms with Crippen molar-refractivity contribution in [1.29, 1.82) is 5.41 Å². The normalized spacial score (nSPS) is 20.5. The number of nitrogen functional groups attached to an aromatic ring is 1. The van der Waals surface area contributed by atoms with Gasteiger partial charge in [0, 0.05) is 23.5 Å². The third-order valence-corrected chi connectivity index (χ3v) is 5.80. The summed E-state index contributed by atoms with van der Waals surface area (Å²) in [6, 6.07) is 7.01. The summed E-state index contributed by atoms with van der Waals surface area (Å²) in [5.74, 6) is -1.80. The number of carboxylic acid groups (broad SMARTS) is 1. The van der Waals surface area contributed by atoms with E-state index in [1.165, 1.54) is 7.11 Å². The number of allylic oxidation sites excluding steroid dienone is 4. The van der Waals surface area contributed by atoms with Gasteiger partial charge in [-0.1, -0.05) is 31.2 Å². The number of carbonyl (C=O) groups excluding carboxylic acids is 1. The molecule has 30 heavy (non-hydrogen) atoms. The fourth-order valence-corrected chi connectivity index (χ4v) is 3.65. The molecule has 0 unspecified atom stereocenters. The molecule has 0 saturated carbocycles. The van der Waals surface area contributed by atoms with Gasteiger partial charge in [0.1, 0.15) is 5.84 Å². The maximum absolute atomic E-state index is 13.2. The highest BCUT2D eigenvalue weighted by Gasteiger charge is 2.45. The van der Waals surface area contributed by atoms with Crippen molar-refractivity contribution in [3.8, 4) is 0 Å². The summed E-state index contributed by atoms with van der Waals surface area (Å²) in [5.41, 5.74) is 7.08. The first kappa shape index (κ1) is 21.2. The zero-order chi connectivity index (χ0) is 22.1. The van der Waals surface area contributed by atoms with Crippen LogP contribution in [0.3, 0.4) is 0 Å². The van der Waals surface area contributed by atoms with Gasteiger partial charge in [0.25, 0.3) is 0 Å². The highest BCUT2D eigenvalue weighted by atomic mass is 16.5. The molecule has 1 aromatic carbocycles. The molecule has 1 aliphatic carbocycles. The molecule has 8 heteroatoms. The molecule has 0 amide bonds. The number of hydrogen-bond donors (Lipinski definition) is 3. The van der Waals surface area contributed by atoms with Crippen LogP contribution in [0.15, 0.2) is 63.8 Å². The summed E-state index contributed by atoms with van der Waals surface area (Å²) in [5, 5.41) is 25.7. The number of aliphatic carboxylic acids is 1. The number of nitrogens with two attached hydrogens (primary N) is 1. The van der Waals surface area contributed by atoms with Gasteiger partial charge < -0.3 is 15.6 Å². The summed E-state index contributed by atoms with van der Waals surface area (Å²) < 4.78 is 5.23. The van der Waals surface area contributed by atoms with Crippen molar-refractivity contribution < 1.29 is 19.4 Å². The smallest absolute Gasteiger partial charge is 0.310 e. The van der Waals surface area contributed by atoms with Crippen LogP contribution in [0, 0.1) is 16.7 Å². The van der Waals surface area contributed by atoms with E-state index in [-0.39, 0.29) is 23.9 Å². The van der Waals surface area contributed by atoms with Crippen LogP contribution < -0.4 is 5.73 Å². The molecule has 2 aliphatic rings. The van der Waals surface area contributed by atoms with E-state index in [0.29, 0.717) is 23.3 Å². The lowest BCUT2D eigenvalue weighted by Gasteiger charge is -2.33. The average Bonchev–Trinajstić information content (AvgIpc) is 2.93. The first-order valence-electron chi connectivity index (χ1n) is 9.55. The fraction of sp³-hybridized carbons (Fsp3) is 0.318. The quantitative estimate of drug-likeness (QED) is 0.487. The minimum absolute atomic E-state index is 0.0358. The van der Waals surface area contributed by atoms with Crippen LogP contribution in [-0.4, -0.2) is 29.8 Å². The zero-order valence-electron chi connectivity index (χ0n) is 17.1. The number of ether oxygens (including phenoxy) is 1. The van der Waals surface area contributed by atoms with Crippen molar-refractivity contribution in [2.45, 2.75) is 26.7 Å². The Kier molecular flexibility index (Phi) is 5.69. The van der Waals surface area contributed by atoms with E-state index in [2.05, 4.69) is 10.2 Å². The first-order valence-corrected chi connectivity index (χ1v) is 9.55. The van der Waals surface area contributed by atoms with Crippen molar-refractivity contribution >= 4 is 23.2 Å². The number of rotatable bonds is 6. The van der Waals surface area contributed by atoms with E-state index in [1.807, 2.05) is 0 Å². The SMILES string of the molecule is CC[C@@](C)(C(=O)O)[C@H]1C=C(OC)N=NC2=C1C(=O)CC(c1ccc(C(=N)N)cc1)=C2. The first-order chi connectivity index (χ1) is 14.2. The minimum atomic E-state index is -1.22. The fourth-order valence-electron chi connectivity index (χ4n) is 3.65. The van der Waals surface area contributed by atoms with Gasteiger partial charge in [0.15, 0.2) is 5.78 Å². The topological polar surface area (TPSA) is 138 Å². The van der Waals surface area contributed by atoms with Crippen LogP contribution in [0.2, 0.25) is 0 Å². The monoisotopic (exact) mass is 408 g/mol. The number of nitrogens with one attached hydrogen (secondary N) is 1. The number of benzene rings is 1. The highest BCUT2D eigenvalue weighted by Crippen LogP contribution is 2.44. The van der Waals surface area contributed by atoms with Gasteiger partial charge in [-0.05, 0) is 36.6 Å². The largest absolute Gasteiger partial charge is 0.481 e. The van der Waals surface area contributed by atoms with Crippen LogP contribution in [-0.2, 0) is 14.3 Å². The number of Topliss-reactive ketones (excluding diaryl/α,β-unsaturated/α-hetero) is 1.